The van der Waals surface area contributed by atoms with E-state index in [-0.39, 0.29) is 0 Å². The number of thiazole rings is 1. The summed E-state index contributed by atoms with van der Waals surface area (Å²) in [5.41, 5.74) is 8.23. The van der Waals surface area contributed by atoms with Gasteiger partial charge in [0.25, 0.3) is 0 Å². The van der Waals surface area contributed by atoms with Crippen LogP contribution >= 0.6 is 11.3 Å². The van der Waals surface area contributed by atoms with Gasteiger partial charge in [0, 0.05) is 40.6 Å². The van der Waals surface area contributed by atoms with E-state index in [0.29, 0.717) is 6.04 Å². The molecule has 0 amide bonds. The first-order valence-corrected chi connectivity index (χ1v) is 12.5. The number of aromatic nitrogens is 2. The van der Waals surface area contributed by atoms with Gasteiger partial charge in [0.1, 0.15) is 0 Å². The van der Waals surface area contributed by atoms with Crippen LogP contribution in [0.5, 0.6) is 0 Å². The van der Waals surface area contributed by atoms with Crippen molar-refractivity contribution in [1.82, 2.24) is 9.55 Å². The van der Waals surface area contributed by atoms with Crippen molar-refractivity contribution in [3.8, 4) is 11.3 Å². The van der Waals surface area contributed by atoms with Gasteiger partial charge in [-0.3, -0.25) is 0 Å². The third-order valence-electron chi connectivity index (χ3n) is 7.33. The molecule has 0 bridgehead atoms. The third-order valence-corrected chi connectivity index (χ3v) is 8.21. The highest BCUT2D eigenvalue weighted by Crippen LogP contribution is 2.45. The number of nitrogens with zero attached hydrogens (tertiary/aromatic N) is 3. The van der Waals surface area contributed by atoms with Crippen molar-refractivity contribution in [3.63, 3.8) is 0 Å². The molecule has 0 unspecified atom stereocenters. The molecule has 3 heterocycles. The number of hydrogen-bond donors (Lipinski definition) is 0. The molecule has 5 aromatic rings. The first-order chi connectivity index (χ1) is 15.8. The maximum atomic E-state index is 5.18. The van der Waals surface area contributed by atoms with E-state index in [1.54, 1.807) is 22.6 Å². The number of aryl methyl sites for hydroxylation is 2. The van der Waals surface area contributed by atoms with Gasteiger partial charge in [-0.2, -0.15) is 0 Å². The van der Waals surface area contributed by atoms with Crippen LogP contribution in [0.15, 0.2) is 66.0 Å². The molecule has 3 nitrogen and oxygen atoms in total. The van der Waals surface area contributed by atoms with Crippen molar-refractivity contribution >= 4 is 38.1 Å². The van der Waals surface area contributed by atoms with Crippen LogP contribution in [0.2, 0.25) is 0 Å². The molecule has 158 valence electrons. The van der Waals surface area contributed by atoms with Crippen molar-refractivity contribution < 1.29 is 0 Å². The van der Waals surface area contributed by atoms with E-state index < -0.39 is 0 Å². The molecule has 0 fully saturated rings. The first kappa shape index (κ1) is 18.5. The molecule has 0 saturated heterocycles. The summed E-state index contributed by atoms with van der Waals surface area (Å²) in [7, 11) is 0. The Balaban J connectivity index is 1.32. The number of fused-ring (bicyclic) bond motifs is 4. The first-order valence-electron chi connectivity index (χ1n) is 11.6. The van der Waals surface area contributed by atoms with E-state index >= 15 is 0 Å². The minimum absolute atomic E-state index is 0.437. The summed E-state index contributed by atoms with van der Waals surface area (Å²) >= 11 is 1.80. The molecule has 0 saturated carbocycles. The summed E-state index contributed by atoms with van der Waals surface area (Å²) in [6.45, 7) is 4.27. The summed E-state index contributed by atoms with van der Waals surface area (Å²) < 4.78 is 2.60. The van der Waals surface area contributed by atoms with Crippen LogP contribution < -0.4 is 4.90 Å². The summed E-state index contributed by atoms with van der Waals surface area (Å²) in [5.74, 6) is 0. The fourth-order valence-corrected chi connectivity index (χ4v) is 6.82. The van der Waals surface area contributed by atoms with Crippen LogP contribution in [0.25, 0.3) is 32.9 Å². The van der Waals surface area contributed by atoms with E-state index in [1.807, 2.05) is 0 Å². The van der Waals surface area contributed by atoms with E-state index in [2.05, 4.69) is 82.4 Å². The highest BCUT2D eigenvalue weighted by molar-refractivity contribution is 7.14. The van der Waals surface area contributed by atoms with Crippen LogP contribution in [-0.2, 0) is 13.0 Å². The minimum Gasteiger partial charge on any atom is -0.341 e. The SMILES string of the molecule is Cc1ccc2c(c1)c1c3n2CCN(c2nc(-c4cccc5ccccc45)cs2)[C@@H]3CCC1. The van der Waals surface area contributed by atoms with Gasteiger partial charge >= 0.3 is 0 Å². The zero-order valence-corrected chi connectivity index (χ0v) is 19.0. The van der Waals surface area contributed by atoms with Crippen LogP contribution in [-0.4, -0.2) is 16.1 Å². The monoisotopic (exact) mass is 435 g/mol. The molecule has 2 aliphatic rings. The van der Waals surface area contributed by atoms with Crippen molar-refractivity contribution in [2.75, 3.05) is 11.4 Å². The lowest BCUT2D eigenvalue weighted by molar-refractivity contribution is 0.437. The summed E-state index contributed by atoms with van der Waals surface area (Å²) in [5, 5.41) is 7.43. The van der Waals surface area contributed by atoms with Gasteiger partial charge in [0.15, 0.2) is 5.13 Å². The van der Waals surface area contributed by atoms with E-state index in [0.717, 1.165) is 18.8 Å². The Bertz CT molecular complexity index is 1490. The van der Waals surface area contributed by atoms with Crippen molar-refractivity contribution in [2.45, 2.75) is 38.8 Å². The van der Waals surface area contributed by atoms with Gasteiger partial charge in [0.2, 0.25) is 0 Å². The summed E-state index contributed by atoms with van der Waals surface area (Å²) in [6, 6.07) is 22.6. The second-order valence-electron chi connectivity index (χ2n) is 9.18. The molecule has 1 aliphatic carbocycles. The molecule has 0 radical (unpaired) electrons. The number of rotatable bonds is 2. The van der Waals surface area contributed by atoms with Crippen molar-refractivity contribution in [2.24, 2.45) is 0 Å². The second kappa shape index (κ2) is 6.94. The standard InChI is InChI=1S/C28H25N3S/c1-18-12-13-25-23(16-18)22-10-5-11-26-27(22)30(25)14-15-31(26)28-29-24(17-32-28)21-9-4-7-19-6-2-3-8-20(19)21/h2-4,6-9,12-13,16-17,26H,5,10-11,14-15H2,1H3/t26-/m1/s1. The molecule has 2 aromatic heterocycles. The molecule has 7 rings (SSSR count). The Morgan fingerprint density at radius 3 is 2.84 bits per heavy atom. The quantitative estimate of drug-likeness (QED) is 0.294. The lowest BCUT2D eigenvalue weighted by Gasteiger charge is -2.39. The Labute approximate surface area is 191 Å². The van der Waals surface area contributed by atoms with Gasteiger partial charge in [-0.25, -0.2) is 4.98 Å². The predicted octanol–water partition coefficient (Wildman–Crippen LogP) is 7.12. The Morgan fingerprint density at radius 1 is 0.969 bits per heavy atom. The normalized spacial score (nSPS) is 17.8. The van der Waals surface area contributed by atoms with Crippen molar-refractivity contribution in [1.29, 1.82) is 0 Å². The molecule has 4 heteroatoms. The molecular formula is C28H25N3S. The average molecular weight is 436 g/mol. The molecule has 0 N–H and O–H groups in total. The zero-order valence-electron chi connectivity index (χ0n) is 18.2. The topological polar surface area (TPSA) is 21.1 Å². The largest absolute Gasteiger partial charge is 0.341 e. The molecule has 3 aromatic carbocycles. The smallest absolute Gasteiger partial charge is 0.186 e. The van der Waals surface area contributed by atoms with Crippen LogP contribution in [0.3, 0.4) is 0 Å². The maximum absolute atomic E-state index is 5.18. The lowest BCUT2D eigenvalue weighted by Crippen LogP contribution is -2.39. The minimum atomic E-state index is 0.437. The highest BCUT2D eigenvalue weighted by Gasteiger charge is 2.36. The number of hydrogen-bond acceptors (Lipinski definition) is 3. The van der Waals surface area contributed by atoms with E-state index in [4.69, 9.17) is 4.98 Å². The fourth-order valence-electron chi connectivity index (χ4n) is 5.92. The van der Waals surface area contributed by atoms with Gasteiger partial charge < -0.3 is 9.47 Å². The average Bonchev–Trinajstić information content (AvgIpc) is 3.44. The van der Waals surface area contributed by atoms with Crippen molar-refractivity contribution in [3.05, 3.63) is 82.9 Å². The van der Waals surface area contributed by atoms with Gasteiger partial charge in [-0.15, -0.1) is 11.3 Å². The highest BCUT2D eigenvalue weighted by atomic mass is 32.1. The van der Waals surface area contributed by atoms with E-state index in [9.17, 15) is 0 Å². The Morgan fingerprint density at radius 2 is 1.88 bits per heavy atom. The van der Waals surface area contributed by atoms with E-state index in [1.165, 1.54) is 57.2 Å². The fraction of sp³-hybridized carbons (Fsp3) is 0.250. The molecular weight excluding hydrogens is 410 g/mol. The van der Waals surface area contributed by atoms with Crippen LogP contribution in [0.1, 0.15) is 35.7 Å². The predicted molar refractivity (Wildman–Crippen MR) is 135 cm³/mol. The Kier molecular flexibility index (Phi) is 4.01. The van der Waals surface area contributed by atoms with Crippen LogP contribution in [0.4, 0.5) is 5.13 Å². The molecule has 1 atom stereocenters. The third kappa shape index (κ3) is 2.62. The summed E-state index contributed by atoms with van der Waals surface area (Å²) in [6.07, 6.45) is 3.67. The number of anilines is 1. The molecule has 1 aliphatic heterocycles. The number of benzene rings is 3. The zero-order chi connectivity index (χ0) is 21.2. The van der Waals surface area contributed by atoms with Gasteiger partial charge in [-0.1, -0.05) is 54.1 Å². The van der Waals surface area contributed by atoms with Crippen LogP contribution in [0, 0.1) is 6.92 Å². The maximum Gasteiger partial charge on any atom is 0.186 e. The molecule has 32 heavy (non-hydrogen) atoms. The Hall–Kier alpha value is -3.11. The summed E-state index contributed by atoms with van der Waals surface area (Å²) in [4.78, 5) is 7.77. The second-order valence-corrected chi connectivity index (χ2v) is 10.0. The molecule has 0 spiro atoms. The lowest BCUT2D eigenvalue weighted by atomic mass is 9.89. The van der Waals surface area contributed by atoms with Gasteiger partial charge in [-0.05, 0) is 54.7 Å². The van der Waals surface area contributed by atoms with Gasteiger partial charge in [0.05, 0.1) is 11.7 Å².